The highest BCUT2D eigenvalue weighted by molar-refractivity contribution is 5.82. The molecule has 0 aliphatic rings. The molecule has 138 valence electrons. The molecule has 0 rings (SSSR count). The van der Waals surface area contributed by atoms with Crippen LogP contribution in [-0.2, 0) is 9.53 Å². The van der Waals surface area contributed by atoms with Crippen molar-refractivity contribution in [2.24, 2.45) is 0 Å². The Morgan fingerprint density at radius 3 is 2.21 bits per heavy atom. The van der Waals surface area contributed by atoms with Crippen LogP contribution in [0.2, 0.25) is 0 Å². The number of nitrogens with zero attached hydrogens (tertiary/aromatic N) is 1. The maximum atomic E-state index is 12.7. The molecule has 0 heterocycles. The number of hydrogen-bond donors (Lipinski definition) is 1. The third-order valence-electron chi connectivity index (χ3n) is 2.92. The zero-order chi connectivity index (χ0) is 19.1. The van der Waals surface area contributed by atoms with Crippen molar-refractivity contribution in [3.8, 4) is 0 Å². The number of rotatable bonds is 7. The van der Waals surface area contributed by atoms with Crippen LogP contribution in [0.3, 0.4) is 0 Å². The lowest BCUT2D eigenvalue weighted by molar-refractivity contribution is -0.185. The number of alkyl carbamates (subject to hydrolysis) is 1. The molecule has 24 heavy (non-hydrogen) atoms. The highest BCUT2D eigenvalue weighted by Crippen LogP contribution is 2.20. The Balaban J connectivity index is 5.22. The first-order valence-corrected chi connectivity index (χ1v) is 7.46. The fourth-order valence-electron chi connectivity index (χ4n) is 1.77. The van der Waals surface area contributed by atoms with E-state index in [9.17, 15) is 22.8 Å². The first-order chi connectivity index (χ1) is 10.8. The van der Waals surface area contributed by atoms with Gasteiger partial charge < -0.3 is 15.0 Å². The number of nitrogens with one attached hydrogen (secondary N) is 1. The van der Waals surface area contributed by atoms with Crippen molar-refractivity contribution < 1.29 is 27.5 Å². The fourth-order valence-corrected chi connectivity index (χ4v) is 1.77. The summed E-state index contributed by atoms with van der Waals surface area (Å²) >= 11 is 0. The molecule has 0 bridgehead atoms. The molecule has 0 fully saturated rings. The van der Waals surface area contributed by atoms with Crippen molar-refractivity contribution in [1.82, 2.24) is 10.2 Å². The zero-order valence-electron chi connectivity index (χ0n) is 14.5. The maximum Gasteiger partial charge on any atom is 0.471 e. The standard InChI is InChI=1S/C16H25F3N2O3/c1-7-9-21(13(22)16(17,18)19)10-12(11(3)8-2)20-14(23)24-15(4,5)6/h7,12H,1,3,8-10H2,2,4-6H3,(H,20,23). The first kappa shape index (κ1) is 22.0. The van der Waals surface area contributed by atoms with E-state index >= 15 is 0 Å². The van der Waals surface area contributed by atoms with Gasteiger partial charge in [0.2, 0.25) is 0 Å². The van der Waals surface area contributed by atoms with Gasteiger partial charge in [-0.2, -0.15) is 13.2 Å². The van der Waals surface area contributed by atoms with Crippen molar-refractivity contribution in [1.29, 1.82) is 0 Å². The minimum atomic E-state index is -5.01. The topological polar surface area (TPSA) is 58.6 Å². The molecule has 0 aromatic heterocycles. The third-order valence-corrected chi connectivity index (χ3v) is 2.92. The van der Waals surface area contributed by atoms with Gasteiger partial charge in [0.25, 0.3) is 0 Å². The average molecular weight is 350 g/mol. The predicted octanol–water partition coefficient (Wildman–Crippen LogP) is 3.42. The summed E-state index contributed by atoms with van der Waals surface area (Å²) in [6.07, 6.45) is -4.20. The van der Waals surface area contributed by atoms with Gasteiger partial charge in [-0.25, -0.2) is 4.79 Å². The summed E-state index contributed by atoms with van der Waals surface area (Å²) in [7, 11) is 0. The molecule has 5 nitrogen and oxygen atoms in total. The minimum absolute atomic E-state index is 0.304. The predicted molar refractivity (Wildman–Crippen MR) is 85.4 cm³/mol. The summed E-state index contributed by atoms with van der Waals surface area (Å²) in [4.78, 5) is 23.9. The zero-order valence-corrected chi connectivity index (χ0v) is 14.5. The van der Waals surface area contributed by atoms with Gasteiger partial charge in [-0.1, -0.05) is 25.2 Å². The quantitative estimate of drug-likeness (QED) is 0.716. The molecule has 1 unspecified atom stereocenters. The number of alkyl halides is 3. The van der Waals surface area contributed by atoms with Crippen LogP contribution in [0.25, 0.3) is 0 Å². The van der Waals surface area contributed by atoms with Crippen molar-refractivity contribution in [3.63, 3.8) is 0 Å². The first-order valence-electron chi connectivity index (χ1n) is 7.46. The summed E-state index contributed by atoms with van der Waals surface area (Å²) in [6.45, 7) is 13.1. The normalized spacial score (nSPS) is 13.0. The third kappa shape index (κ3) is 8.03. The molecule has 0 saturated carbocycles. The van der Waals surface area contributed by atoms with E-state index in [2.05, 4.69) is 18.5 Å². The van der Waals surface area contributed by atoms with Crippen molar-refractivity contribution in [2.75, 3.05) is 13.1 Å². The van der Waals surface area contributed by atoms with Gasteiger partial charge >= 0.3 is 18.2 Å². The highest BCUT2D eigenvalue weighted by Gasteiger charge is 2.42. The summed E-state index contributed by atoms with van der Waals surface area (Å²) < 4.78 is 43.1. The molecule has 0 aliphatic carbocycles. The van der Waals surface area contributed by atoms with Gasteiger partial charge in [-0.05, 0) is 27.2 Å². The summed E-state index contributed by atoms with van der Waals surface area (Å²) in [5, 5.41) is 2.46. The number of hydrogen-bond acceptors (Lipinski definition) is 3. The van der Waals surface area contributed by atoms with E-state index in [1.54, 1.807) is 27.7 Å². The van der Waals surface area contributed by atoms with E-state index < -0.39 is 29.8 Å². The fraction of sp³-hybridized carbons (Fsp3) is 0.625. The van der Waals surface area contributed by atoms with E-state index in [1.165, 1.54) is 6.08 Å². The van der Waals surface area contributed by atoms with Gasteiger partial charge in [0.1, 0.15) is 5.60 Å². The van der Waals surface area contributed by atoms with Crippen LogP contribution < -0.4 is 5.32 Å². The summed E-state index contributed by atoms with van der Waals surface area (Å²) in [5.74, 6) is -2.00. The van der Waals surface area contributed by atoms with Crippen molar-refractivity contribution >= 4 is 12.0 Å². The Morgan fingerprint density at radius 1 is 1.29 bits per heavy atom. The SMILES string of the molecule is C=CCN(CC(NC(=O)OC(C)(C)C)C(=C)CC)C(=O)C(F)(F)F. The minimum Gasteiger partial charge on any atom is -0.444 e. The lowest BCUT2D eigenvalue weighted by atomic mass is 10.1. The van der Waals surface area contributed by atoms with E-state index in [0.717, 1.165) is 0 Å². The van der Waals surface area contributed by atoms with Gasteiger partial charge in [-0.15, -0.1) is 6.58 Å². The van der Waals surface area contributed by atoms with Crippen LogP contribution in [0, 0.1) is 0 Å². The van der Waals surface area contributed by atoms with Crippen LogP contribution in [0.5, 0.6) is 0 Å². The molecular formula is C16H25F3N2O3. The lowest BCUT2D eigenvalue weighted by Gasteiger charge is -2.30. The Morgan fingerprint density at radius 2 is 1.83 bits per heavy atom. The molecule has 2 amide bonds. The molecule has 0 aromatic rings. The van der Waals surface area contributed by atoms with Gasteiger partial charge in [0.05, 0.1) is 6.04 Å². The highest BCUT2D eigenvalue weighted by atomic mass is 19.4. The largest absolute Gasteiger partial charge is 0.471 e. The number of carbonyl (C=O) groups is 2. The number of halogens is 3. The molecule has 0 saturated heterocycles. The second-order valence-electron chi connectivity index (χ2n) is 6.21. The van der Waals surface area contributed by atoms with Crippen LogP contribution >= 0.6 is 0 Å². The molecule has 1 atom stereocenters. The van der Waals surface area contributed by atoms with Gasteiger partial charge in [0.15, 0.2) is 0 Å². The summed E-state index contributed by atoms with van der Waals surface area (Å²) in [6, 6.07) is -0.865. The van der Waals surface area contributed by atoms with E-state index in [-0.39, 0.29) is 13.1 Å². The molecule has 0 aliphatic heterocycles. The smallest absolute Gasteiger partial charge is 0.444 e. The Kier molecular flexibility index (Phi) is 8.02. The molecular weight excluding hydrogens is 325 g/mol. The van der Waals surface area contributed by atoms with Crippen LogP contribution in [0.4, 0.5) is 18.0 Å². The Labute approximate surface area is 140 Å². The van der Waals surface area contributed by atoms with Gasteiger partial charge in [0, 0.05) is 13.1 Å². The van der Waals surface area contributed by atoms with Crippen LogP contribution in [0.15, 0.2) is 24.8 Å². The second kappa shape index (κ2) is 8.75. The number of carbonyl (C=O) groups excluding carboxylic acids is 2. The Bertz CT molecular complexity index is 482. The Hall–Kier alpha value is -1.99. The van der Waals surface area contributed by atoms with E-state index in [4.69, 9.17) is 4.74 Å². The number of amides is 2. The average Bonchev–Trinajstić information content (AvgIpc) is 2.41. The molecule has 0 radical (unpaired) electrons. The van der Waals surface area contributed by atoms with E-state index in [1.807, 2.05) is 0 Å². The van der Waals surface area contributed by atoms with Crippen molar-refractivity contribution in [2.45, 2.75) is 51.9 Å². The van der Waals surface area contributed by atoms with Crippen LogP contribution in [0.1, 0.15) is 34.1 Å². The molecule has 0 spiro atoms. The van der Waals surface area contributed by atoms with Gasteiger partial charge in [-0.3, -0.25) is 4.79 Å². The van der Waals surface area contributed by atoms with E-state index in [0.29, 0.717) is 16.9 Å². The maximum absolute atomic E-state index is 12.7. The van der Waals surface area contributed by atoms with Crippen molar-refractivity contribution in [3.05, 3.63) is 24.8 Å². The molecule has 8 heteroatoms. The molecule has 1 N–H and O–H groups in total. The molecule has 0 aromatic carbocycles. The lowest BCUT2D eigenvalue weighted by Crippen LogP contribution is -2.50. The van der Waals surface area contributed by atoms with Crippen LogP contribution in [-0.4, -0.2) is 47.8 Å². The summed E-state index contributed by atoms with van der Waals surface area (Å²) in [5.41, 5.74) is -0.282. The second-order valence-corrected chi connectivity index (χ2v) is 6.21. The monoisotopic (exact) mass is 350 g/mol. The number of ether oxygens (including phenoxy) is 1.